The van der Waals surface area contributed by atoms with Gasteiger partial charge in [-0.3, -0.25) is 0 Å². The number of hydrogen-bond donors (Lipinski definition) is 0. The molecule has 20 aromatic rings. The average Bonchev–Trinajstić information content (AvgIpc) is 1.11. The first-order valence-electron chi connectivity index (χ1n) is 37.3. The molecular weight excluding hydrogens is 1300 g/mol. The van der Waals surface area contributed by atoms with Crippen molar-refractivity contribution in [3.8, 4) is 56.1 Å². The normalized spacial score (nSPS) is 12.8. The van der Waals surface area contributed by atoms with E-state index in [4.69, 9.17) is 0 Å². The van der Waals surface area contributed by atoms with Gasteiger partial charge in [-0.2, -0.15) is 0 Å². The third-order valence-corrected chi connectivity index (χ3v) is 23.1. The summed E-state index contributed by atoms with van der Waals surface area (Å²) >= 11 is 0. The molecule has 0 bridgehead atoms. The summed E-state index contributed by atoms with van der Waals surface area (Å²) < 4.78 is 10.2. The molecule has 0 fully saturated rings. The largest absolute Gasteiger partial charge is 0.311 e. The van der Waals surface area contributed by atoms with Crippen LogP contribution in [0.1, 0.15) is 26.3 Å². The molecule has 22 rings (SSSR count). The molecule has 7 heteroatoms. The maximum Gasteiger partial charge on any atom is 0.252 e. The maximum absolute atomic E-state index is 2.66. The van der Waals surface area contributed by atoms with Gasteiger partial charge < -0.3 is 28.1 Å². The van der Waals surface area contributed by atoms with Crippen molar-refractivity contribution >= 4 is 144 Å². The molecule has 0 aliphatic carbocycles. The Hall–Kier alpha value is -13.6. The van der Waals surface area contributed by atoms with Gasteiger partial charge in [-0.1, -0.05) is 276 Å². The summed E-state index contributed by atoms with van der Waals surface area (Å²) in [6, 6.07) is 137. The van der Waals surface area contributed by atoms with Crippen molar-refractivity contribution in [2.45, 2.75) is 26.2 Å². The number of rotatable bonds is 9. The van der Waals surface area contributed by atoms with Crippen LogP contribution < -0.4 is 26.2 Å². The third-order valence-electron chi connectivity index (χ3n) is 23.1. The number of benzene rings is 16. The highest BCUT2D eigenvalue weighted by Crippen LogP contribution is 2.53. The van der Waals surface area contributed by atoms with Gasteiger partial charge >= 0.3 is 0 Å². The Bertz CT molecular complexity index is 6600. The van der Waals surface area contributed by atoms with E-state index in [-0.39, 0.29) is 12.1 Å². The second-order valence-electron chi connectivity index (χ2n) is 29.9. The number of hydrogen-bond acceptors (Lipinski definition) is 2. The lowest BCUT2D eigenvalue weighted by molar-refractivity contribution is 0.590. The Labute approximate surface area is 620 Å². The van der Waals surface area contributed by atoms with E-state index in [1.165, 1.54) is 65.0 Å². The lowest BCUT2D eigenvalue weighted by Gasteiger charge is -2.45. The van der Waals surface area contributed by atoms with Crippen molar-refractivity contribution in [1.82, 2.24) is 18.3 Å². The molecule has 0 unspecified atom stereocenters. The average molecular weight is 1370 g/mol. The minimum atomic E-state index is -0.319. The van der Waals surface area contributed by atoms with Crippen LogP contribution in [0.5, 0.6) is 0 Å². The molecule has 0 saturated heterocycles. The second-order valence-corrected chi connectivity index (χ2v) is 29.9. The van der Waals surface area contributed by atoms with E-state index in [0.717, 1.165) is 134 Å². The molecule has 0 atom stereocenters. The SMILES string of the molecule is CC(C)(C)c1cc(-c2cc3c4c(c2)N(c2ccccc2-c2ccccc2)c2cc(-n5c6ccccc6c6ccccc65)ccc2B4c2ccc(-n4c5ccccc5c5ccccc54)cc2N3c2ccccc2-c2ccccc2)c(-n2c3ccccc3c3ccccc32)c(-n2c3ccccc3c3ccccc32)c1. The van der Waals surface area contributed by atoms with Gasteiger partial charge in [-0.25, -0.2) is 0 Å². The van der Waals surface area contributed by atoms with Crippen LogP contribution in [0.25, 0.3) is 143 Å². The van der Waals surface area contributed by atoms with Crippen LogP contribution in [0.3, 0.4) is 0 Å². The van der Waals surface area contributed by atoms with Gasteiger partial charge in [0.05, 0.1) is 66.9 Å². The van der Waals surface area contributed by atoms with Gasteiger partial charge in [0.1, 0.15) is 0 Å². The van der Waals surface area contributed by atoms with Crippen molar-refractivity contribution < 1.29 is 0 Å². The van der Waals surface area contributed by atoms with Crippen molar-refractivity contribution in [3.05, 3.63) is 370 Å². The molecule has 16 aromatic carbocycles. The first-order chi connectivity index (χ1) is 52.8. The van der Waals surface area contributed by atoms with Gasteiger partial charge in [0.2, 0.25) is 0 Å². The number of anilines is 6. The number of fused-ring (bicyclic) bond motifs is 16. The molecule has 0 amide bonds. The molecule has 0 radical (unpaired) electrons. The molecule has 0 N–H and O–H groups in total. The number of nitrogens with zero attached hydrogens (tertiary/aromatic N) is 6. The van der Waals surface area contributed by atoms with Gasteiger partial charge in [-0.05, 0) is 153 Å². The Balaban J connectivity index is 0.940. The lowest BCUT2D eigenvalue weighted by Crippen LogP contribution is -2.61. The Kier molecular flexibility index (Phi) is 13.4. The topological polar surface area (TPSA) is 26.2 Å². The van der Waals surface area contributed by atoms with E-state index in [2.05, 4.69) is 413 Å². The Morgan fingerprint density at radius 2 is 0.542 bits per heavy atom. The fourth-order valence-electron chi connectivity index (χ4n) is 18.4. The third kappa shape index (κ3) is 9.08. The molecular formula is C100H69BN6. The zero-order valence-corrected chi connectivity index (χ0v) is 59.4. The van der Waals surface area contributed by atoms with Crippen molar-refractivity contribution in [2.75, 3.05) is 9.80 Å². The van der Waals surface area contributed by atoms with E-state index in [1.54, 1.807) is 0 Å². The van der Waals surface area contributed by atoms with Crippen LogP contribution in [-0.2, 0) is 5.41 Å². The van der Waals surface area contributed by atoms with Gasteiger partial charge in [0.25, 0.3) is 6.71 Å². The molecule has 0 saturated carbocycles. The molecule has 6 heterocycles. The highest BCUT2D eigenvalue weighted by Gasteiger charge is 2.45. The number of para-hydroxylation sites is 10. The second kappa shape index (κ2) is 23.5. The quantitative estimate of drug-likeness (QED) is 0.135. The highest BCUT2D eigenvalue weighted by molar-refractivity contribution is 7.00. The maximum atomic E-state index is 2.66. The van der Waals surface area contributed by atoms with E-state index < -0.39 is 0 Å². The fraction of sp³-hybridized carbons (Fsp3) is 0.0400. The van der Waals surface area contributed by atoms with Gasteiger partial charge in [-0.15, -0.1) is 0 Å². The van der Waals surface area contributed by atoms with E-state index in [0.29, 0.717) is 0 Å². The molecule has 502 valence electrons. The molecule has 0 spiro atoms. The van der Waals surface area contributed by atoms with Crippen LogP contribution in [0, 0.1) is 0 Å². The standard InChI is InChI=1S/C100H69BN6/c1-100(2,3)67-60-80(99(107-91-52-28-18-42-78(91)79-43-19-29-53-92(79)107)97(61-67)104-89-50-26-16-40-76(89)77-41-17-27-51-90(77)104)66-58-95-98-96(59-66)106(84-45-21-11-35-71(84)65-32-8-5-9-33-65)94-63-69(103-87-48-24-14-38-74(87)75-39-15-25-49-88(75)103)55-57-82(94)101(98)81-56-54-68(102-85-46-22-12-36-72(85)73-37-13-23-47-86(73)102)62-93(81)105(95)83-44-20-10-34-70(83)64-30-6-4-7-31-64/h4-63H,1-3H3. The van der Waals surface area contributed by atoms with Crippen LogP contribution in [0.4, 0.5) is 34.1 Å². The monoisotopic (exact) mass is 1360 g/mol. The van der Waals surface area contributed by atoms with Crippen LogP contribution >= 0.6 is 0 Å². The smallest absolute Gasteiger partial charge is 0.252 e. The fourth-order valence-corrected chi connectivity index (χ4v) is 18.4. The zero-order valence-electron chi connectivity index (χ0n) is 59.4. The van der Waals surface area contributed by atoms with Crippen molar-refractivity contribution in [3.63, 3.8) is 0 Å². The van der Waals surface area contributed by atoms with E-state index >= 15 is 0 Å². The predicted octanol–water partition coefficient (Wildman–Crippen LogP) is 24.5. The lowest BCUT2D eigenvalue weighted by atomic mass is 9.33. The Morgan fingerprint density at radius 1 is 0.224 bits per heavy atom. The summed E-state index contributed by atoms with van der Waals surface area (Å²) in [6.45, 7) is 6.88. The summed E-state index contributed by atoms with van der Waals surface area (Å²) in [5.41, 5.74) is 31.4. The minimum Gasteiger partial charge on any atom is -0.311 e. The van der Waals surface area contributed by atoms with E-state index in [1.807, 2.05) is 0 Å². The van der Waals surface area contributed by atoms with Gasteiger partial charge in [0, 0.05) is 93.9 Å². The summed E-state index contributed by atoms with van der Waals surface area (Å²) in [5, 5.41) is 9.70. The molecule has 6 nitrogen and oxygen atoms in total. The van der Waals surface area contributed by atoms with Crippen LogP contribution in [0.15, 0.2) is 364 Å². The minimum absolute atomic E-state index is 0.260. The molecule has 2 aliphatic rings. The molecule has 2 aliphatic heterocycles. The molecule has 4 aromatic heterocycles. The van der Waals surface area contributed by atoms with Crippen molar-refractivity contribution in [1.29, 1.82) is 0 Å². The van der Waals surface area contributed by atoms with Crippen LogP contribution in [0.2, 0.25) is 0 Å². The Morgan fingerprint density at radius 3 is 0.907 bits per heavy atom. The van der Waals surface area contributed by atoms with Gasteiger partial charge in [0.15, 0.2) is 0 Å². The van der Waals surface area contributed by atoms with E-state index in [9.17, 15) is 0 Å². The van der Waals surface area contributed by atoms with Crippen LogP contribution in [-0.4, -0.2) is 25.0 Å². The summed E-state index contributed by atoms with van der Waals surface area (Å²) in [5.74, 6) is 0. The summed E-state index contributed by atoms with van der Waals surface area (Å²) in [7, 11) is 0. The van der Waals surface area contributed by atoms with Crippen molar-refractivity contribution in [2.24, 2.45) is 0 Å². The summed E-state index contributed by atoms with van der Waals surface area (Å²) in [6.07, 6.45) is 0. The predicted molar refractivity (Wildman–Crippen MR) is 453 cm³/mol. The zero-order chi connectivity index (χ0) is 70.8. The first-order valence-corrected chi connectivity index (χ1v) is 37.3. The number of aromatic nitrogens is 4. The molecule has 107 heavy (non-hydrogen) atoms. The first kappa shape index (κ1) is 60.9. The summed E-state index contributed by atoms with van der Waals surface area (Å²) in [4.78, 5) is 5.32. The highest BCUT2D eigenvalue weighted by atomic mass is 15.2.